The maximum atomic E-state index is 3.30. The van der Waals surface area contributed by atoms with Gasteiger partial charge in [-0.2, -0.15) is 24.3 Å². The van der Waals surface area contributed by atoms with E-state index in [0.29, 0.717) is 0 Å². The van der Waals surface area contributed by atoms with Crippen LogP contribution in [0.3, 0.4) is 0 Å². The molecule has 4 rings (SSSR count). The fourth-order valence-electron chi connectivity index (χ4n) is 3.01. The molecule has 34 heavy (non-hydrogen) atoms. The van der Waals surface area contributed by atoms with Crippen LogP contribution in [0.15, 0.2) is 70.9 Å². The molecule has 4 aliphatic rings. The summed E-state index contributed by atoms with van der Waals surface area (Å²) < 4.78 is 0. The first kappa shape index (κ1) is 41.1. The van der Waals surface area contributed by atoms with Gasteiger partial charge in [-0.3, -0.25) is 24.3 Å². The van der Waals surface area contributed by atoms with Gasteiger partial charge in [0.2, 0.25) is 0 Å². The van der Waals surface area contributed by atoms with Crippen LogP contribution in [0.2, 0.25) is 0 Å². The molecule has 0 saturated carbocycles. The van der Waals surface area contributed by atoms with Crippen LogP contribution < -0.4 is 24.8 Å². The van der Waals surface area contributed by atoms with Crippen molar-refractivity contribution in [3.63, 3.8) is 0 Å². The van der Waals surface area contributed by atoms with Gasteiger partial charge in [0.15, 0.2) is 0 Å². The van der Waals surface area contributed by atoms with E-state index in [2.05, 4.69) is 101 Å². The van der Waals surface area contributed by atoms with Gasteiger partial charge in [-0.25, -0.2) is 46.6 Å². The molecule has 0 aromatic heterocycles. The first-order valence-corrected chi connectivity index (χ1v) is 11.7. The normalized spacial score (nSPS) is 15.2. The van der Waals surface area contributed by atoms with Crippen molar-refractivity contribution >= 4 is 0 Å². The third kappa shape index (κ3) is 23.7. The van der Waals surface area contributed by atoms with Crippen LogP contribution in [0.1, 0.15) is 91.9 Å². The van der Waals surface area contributed by atoms with Gasteiger partial charge in [-0.05, 0) is 0 Å². The Morgan fingerprint density at radius 2 is 0.882 bits per heavy atom. The molecule has 0 spiro atoms. The zero-order valence-corrected chi connectivity index (χ0v) is 26.1. The number of hydrogen-bond donors (Lipinski definition) is 0. The number of hydrogen-bond acceptors (Lipinski definition) is 0. The zero-order chi connectivity index (χ0) is 21.9. The minimum Gasteiger partial charge on any atom is -1.00 e. The topological polar surface area (TPSA) is 0 Å². The smallest absolute Gasteiger partial charge is 1.00 e. The molecular formula is C30H40Cl2Ti2-2. The maximum Gasteiger partial charge on any atom is 2.00 e. The Bertz CT molecular complexity index is 653. The van der Waals surface area contributed by atoms with Crippen LogP contribution in [0.5, 0.6) is 0 Å². The van der Waals surface area contributed by atoms with Crippen LogP contribution in [0.25, 0.3) is 0 Å². The van der Waals surface area contributed by atoms with Gasteiger partial charge in [-0.15, -0.1) is 25.7 Å². The van der Waals surface area contributed by atoms with Crippen molar-refractivity contribution in [2.75, 3.05) is 0 Å². The minimum atomic E-state index is 0. The fraction of sp³-hybridized carbons (Fsp3) is 0.467. The van der Waals surface area contributed by atoms with Crippen LogP contribution in [0.4, 0.5) is 0 Å². The van der Waals surface area contributed by atoms with Crippen LogP contribution in [0, 0.1) is 24.3 Å². The summed E-state index contributed by atoms with van der Waals surface area (Å²) in [7, 11) is 0. The number of allylic oxidation sites excluding steroid dienone is 16. The average Bonchev–Trinajstić information content (AvgIpc) is 3.56. The van der Waals surface area contributed by atoms with E-state index in [1.807, 2.05) is 0 Å². The quantitative estimate of drug-likeness (QED) is 0.342. The van der Waals surface area contributed by atoms with E-state index in [1.165, 1.54) is 60.8 Å². The Labute approximate surface area is 253 Å². The zero-order valence-electron chi connectivity index (χ0n) is 21.4. The average molecular weight is 567 g/mol. The molecular weight excluding hydrogens is 527 g/mol. The first-order chi connectivity index (χ1) is 14.7. The van der Waals surface area contributed by atoms with Gasteiger partial charge < -0.3 is 24.8 Å². The second-order valence-electron chi connectivity index (χ2n) is 7.76. The standard InChI is InChI=1S/2C9H13.2C6H7.2ClH.2Ti/c2*1-2-3-6-9-7-4-5-8-9;2*1-6-4-2-3-5-6;;;;/h2*4,7H,2-3,5-6H2,1H3;2*2,4H,3H2,1H3;2*1H;;/q4*-1;;;2*+2/p-2. The molecule has 184 valence electrons. The van der Waals surface area contributed by atoms with Crippen molar-refractivity contribution in [3.05, 3.63) is 95.2 Å². The first-order valence-electron chi connectivity index (χ1n) is 11.7. The molecule has 0 nitrogen and oxygen atoms in total. The number of halogens is 2. The number of unbranched alkanes of at least 4 members (excludes halogenated alkanes) is 2. The van der Waals surface area contributed by atoms with Gasteiger partial charge >= 0.3 is 43.4 Å². The maximum absolute atomic E-state index is 3.30. The van der Waals surface area contributed by atoms with E-state index in [0.717, 1.165) is 25.7 Å². The Balaban J connectivity index is -0.000000172. The molecule has 0 saturated heterocycles. The summed E-state index contributed by atoms with van der Waals surface area (Å²) in [5.74, 6) is 0. The van der Waals surface area contributed by atoms with Crippen molar-refractivity contribution < 1.29 is 68.2 Å². The molecule has 0 unspecified atom stereocenters. The Morgan fingerprint density at radius 1 is 0.559 bits per heavy atom. The van der Waals surface area contributed by atoms with E-state index in [9.17, 15) is 0 Å². The van der Waals surface area contributed by atoms with Crippen molar-refractivity contribution in [2.45, 2.75) is 91.9 Å². The van der Waals surface area contributed by atoms with E-state index in [1.54, 1.807) is 0 Å². The van der Waals surface area contributed by atoms with Gasteiger partial charge in [0.1, 0.15) is 0 Å². The molecule has 0 aromatic rings. The summed E-state index contributed by atoms with van der Waals surface area (Å²) >= 11 is 0. The van der Waals surface area contributed by atoms with Crippen LogP contribution in [-0.4, -0.2) is 0 Å². The monoisotopic (exact) mass is 566 g/mol. The molecule has 0 radical (unpaired) electrons. The van der Waals surface area contributed by atoms with Crippen molar-refractivity contribution in [2.24, 2.45) is 0 Å². The second-order valence-corrected chi connectivity index (χ2v) is 7.76. The summed E-state index contributed by atoms with van der Waals surface area (Å²) in [6.07, 6.45) is 41.7. The van der Waals surface area contributed by atoms with E-state index in [-0.39, 0.29) is 68.2 Å². The summed E-state index contributed by atoms with van der Waals surface area (Å²) in [5, 5.41) is 0. The van der Waals surface area contributed by atoms with Crippen molar-refractivity contribution in [1.82, 2.24) is 0 Å². The summed E-state index contributed by atoms with van der Waals surface area (Å²) in [4.78, 5) is 0. The number of rotatable bonds is 6. The summed E-state index contributed by atoms with van der Waals surface area (Å²) in [6.45, 7) is 8.56. The summed E-state index contributed by atoms with van der Waals surface area (Å²) in [6, 6.07) is 0. The summed E-state index contributed by atoms with van der Waals surface area (Å²) in [5.41, 5.74) is 5.37. The van der Waals surface area contributed by atoms with Crippen LogP contribution >= 0.6 is 0 Å². The largest absolute Gasteiger partial charge is 2.00 e. The molecule has 0 fully saturated rings. The van der Waals surface area contributed by atoms with E-state index in [4.69, 9.17) is 0 Å². The van der Waals surface area contributed by atoms with E-state index < -0.39 is 0 Å². The SMILES string of the molecule is CC1=[C-]CC=C1.CC1=[C-]CC=C1.CCCCC1=[C-]CC=C1.CCCCC1=[C-]CC=C1.[Cl-].[Cl-].[Ti+2].[Ti+2]. The van der Waals surface area contributed by atoms with Gasteiger partial charge in [0.05, 0.1) is 0 Å². The molecule has 0 amide bonds. The molecule has 0 N–H and O–H groups in total. The second kappa shape index (κ2) is 29.2. The van der Waals surface area contributed by atoms with Gasteiger partial charge in [-0.1, -0.05) is 66.2 Å². The molecule has 0 bridgehead atoms. The Morgan fingerprint density at radius 3 is 1.06 bits per heavy atom. The molecule has 0 heterocycles. The predicted octanol–water partition coefficient (Wildman–Crippen LogP) is 3.13. The molecule has 4 aliphatic carbocycles. The van der Waals surface area contributed by atoms with Crippen molar-refractivity contribution in [1.29, 1.82) is 0 Å². The van der Waals surface area contributed by atoms with E-state index >= 15 is 0 Å². The molecule has 0 aliphatic heterocycles. The Kier molecular flexibility index (Phi) is 35.2. The van der Waals surface area contributed by atoms with Gasteiger partial charge in [0.25, 0.3) is 0 Å². The molecule has 0 aromatic carbocycles. The molecule has 0 atom stereocenters. The fourth-order valence-corrected chi connectivity index (χ4v) is 3.01. The predicted molar refractivity (Wildman–Crippen MR) is 132 cm³/mol. The van der Waals surface area contributed by atoms with Crippen LogP contribution in [-0.2, 0) is 43.4 Å². The molecule has 4 heteroatoms. The van der Waals surface area contributed by atoms with Crippen molar-refractivity contribution in [3.8, 4) is 0 Å². The third-order valence-corrected chi connectivity index (χ3v) is 4.86. The third-order valence-electron chi connectivity index (χ3n) is 4.86. The minimum absolute atomic E-state index is 0. The van der Waals surface area contributed by atoms with Gasteiger partial charge in [0, 0.05) is 0 Å². The Hall–Kier alpha value is -0.0714.